The van der Waals surface area contributed by atoms with Gasteiger partial charge in [-0.3, -0.25) is 0 Å². The third-order valence-corrected chi connectivity index (χ3v) is 8.78. The molecule has 0 amide bonds. The number of carbonyl (C=O) groups is 1. The summed E-state index contributed by atoms with van der Waals surface area (Å²) in [4.78, 5) is 12.3. The molecule has 0 aromatic rings. The molecule has 32 heavy (non-hydrogen) atoms. The predicted octanol–water partition coefficient (Wildman–Crippen LogP) is 5.92. The molecule has 0 rings (SSSR count). The van der Waals surface area contributed by atoms with E-state index in [1.54, 1.807) is 0 Å². The molecule has 0 aromatic heterocycles. The molecule has 1 unspecified atom stereocenters. The van der Waals surface area contributed by atoms with Gasteiger partial charge >= 0.3 is 0 Å². The van der Waals surface area contributed by atoms with E-state index in [0.717, 1.165) is 6.29 Å². The second-order valence-electron chi connectivity index (χ2n) is 13.4. The lowest BCUT2D eigenvalue weighted by molar-refractivity contribution is -0.127. The van der Waals surface area contributed by atoms with Crippen LogP contribution in [-0.2, 0) is 26.9 Å². The molecule has 6 nitrogen and oxygen atoms in total. The van der Waals surface area contributed by atoms with E-state index in [-0.39, 0.29) is 6.10 Å². The van der Waals surface area contributed by atoms with Gasteiger partial charge in [0.05, 0.1) is 18.8 Å². The van der Waals surface area contributed by atoms with Gasteiger partial charge in [0, 0.05) is 0 Å². The van der Waals surface area contributed by atoms with Crippen molar-refractivity contribution in [3.63, 3.8) is 0 Å². The van der Waals surface area contributed by atoms with Crippen molar-refractivity contribution in [1.29, 1.82) is 0 Å². The molecule has 0 bridgehead atoms. The smallest absolute Gasteiger partial charge is 0.184 e. The topological polar surface area (TPSA) is 63.2 Å². The van der Waals surface area contributed by atoms with Crippen molar-refractivity contribution >= 4 is 47.9 Å². The summed E-state index contributed by atoms with van der Waals surface area (Å²) < 4.78 is 32.8. The molecule has 0 heterocycles. The summed E-state index contributed by atoms with van der Waals surface area (Å²) >= 11 is 0. The largest absolute Gasteiger partial charge is 0.415 e. The summed E-state index contributed by atoms with van der Waals surface area (Å²) in [5, 5.41) is 0. The van der Waals surface area contributed by atoms with Gasteiger partial charge in [-0.15, -0.1) is 0 Å². The van der Waals surface area contributed by atoms with Crippen LogP contribution in [0, 0.1) is 0 Å². The Morgan fingerprint density at radius 2 is 0.906 bits per heavy atom. The minimum absolute atomic E-state index is 0.325. The number of rotatable bonds is 15. The zero-order chi connectivity index (χ0) is 25.8. The number of hydrogen-bond donors (Lipinski definition) is 0. The van der Waals surface area contributed by atoms with Gasteiger partial charge in [0.2, 0.25) is 0 Å². The molecule has 0 aliphatic heterocycles. The molecule has 4 atom stereocenters. The summed E-state index contributed by atoms with van der Waals surface area (Å²) in [5.74, 6) is 0. The maximum atomic E-state index is 12.3. The first-order valence-corrected chi connectivity index (χ1v) is 28.8. The maximum absolute atomic E-state index is 12.3. The van der Waals surface area contributed by atoms with E-state index in [4.69, 9.17) is 22.1 Å². The van der Waals surface area contributed by atoms with Crippen LogP contribution in [0.25, 0.3) is 0 Å². The van der Waals surface area contributed by atoms with Gasteiger partial charge in [-0.1, -0.05) is 0 Å². The van der Waals surface area contributed by atoms with E-state index in [0.29, 0.717) is 6.61 Å². The third-order valence-electron chi connectivity index (χ3n) is 3.80. The normalized spacial score (nSPS) is 18.2. The zero-order valence-electron chi connectivity index (χ0n) is 23.5. The van der Waals surface area contributed by atoms with Gasteiger partial charge in [-0.25, -0.2) is 0 Å². The van der Waals surface area contributed by atoms with Gasteiger partial charge < -0.3 is 26.9 Å². The van der Waals surface area contributed by atoms with E-state index in [1.165, 1.54) is 0 Å². The van der Waals surface area contributed by atoms with E-state index in [9.17, 15) is 4.79 Å². The summed E-state index contributed by atoms with van der Waals surface area (Å²) in [6.07, 6.45) is -1.11. The van der Waals surface area contributed by atoms with Crippen molar-refractivity contribution < 1.29 is 26.9 Å². The molecule has 192 valence electrons. The van der Waals surface area contributed by atoms with Crippen molar-refractivity contribution in [3.8, 4) is 0 Å². The highest BCUT2D eigenvalue weighted by Crippen LogP contribution is 2.28. The van der Waals surface area contributed by atoms with Crippen LogP contribution in [0.4, 0.5) is 0 Å². The van der Waals surface area contributed by atoms with Crippen molar-refractivity contribution in [3.05, 3.63) is 0 Å². The Balaban J connectivity index is 6.51. The van der Waals surface area contributed by atoms with Crippen LogP contribution in [0.5, 0.6) is 0 Å². The Hall–Kier alpha value is 0.554. The van der Waals surface area contributed by atoms with Crippen LogP contribution in [0.15, 0.2) is 0 Å². The zero-order valence-corrected chi connectivity index (χ0v) is 28.5. The molecule has 0 fully saturated rings. The van der Waals surface area contributed by atoms with Crippen LogP contribution in [-0.4, -0.2) is 78.9 Å². The standard InChI is InChI=1S/C21H52O6Si5/c1-28(2,3)23-17-19(25-30(7,8)9)21(27-32(13,14)15)20(26-31(10,11)12)18(16-22)24-29(4,5)6/h16,18-21H,17H2,1-15H3/t18?,19-,20-,21+/m0/s1. The van der Waals surface area contributed by atoms with Gasteiger partial charge in [-0.05, 0) is 98.2 Å². The monoisotopic (exact) mass is 540 g/mol. The van der Waals surface area contributed by atoms with Gasteiger partial charge in [0.25, 0.3) is 0 Å². The second kappa shape index (κ2) is 12.0. The Kier molecular flexibility index (Phi) is 12.2. The summed E-state index contributed by atoms with van der Waals surface area (Å²) in [7, 11) is -9.81. The fourth-order valence-electron chi connectivity index (χ4n) is 3.05. The van der Waals surface area contributed by atoms with Crippen molar-refractivity contribution in [2.75, 3.05) is 6.61 Å². The molecule has 0 spiro atoms. The number of aldehydes is 1. The minimum atomic E-state index is -2.04. The second-order valence-corrected chi connectivity index (χ2v) is 35.8. The molecule has 0 aromatic carbocycles. The van der Waals surface area contributed by atoms with Gasteiger partial charge in [0.15, 0.2) is 41.6 Å². The summed E-state index contributed by atoms with van der Waals surface area (Å²) in [5.41, 5.74) is 0. The van der Waals surface area contributed by atoms with E-state index < -0.39 is 59.9 Å². The number of hydrogen-bond acceptors (Lipinski definition) is 6. The average Bonchev–Trinajstić information content (AvgIpc) is 2.48. The lowest BCUT2D eigenvalue weighted by Gasteiger charge is -2.44. The molecule has 0 aliphatic rings. The number of carbonyl (C=O) groups excluding carboxylic acids is 1. The highest BCUT2D eigenvalue weighted by molar-refractivity contribution is 6.71. The quantitative estimate of drug-likeness (QED) is 0.190. The van der Waals surface area contributed by atoms with Crippen LogP contribution < -0.4 is 0 Å². The molecule has 0 radical (unpaired) electrons. The Morgan fingerprint density at radius 1 is 0.531 bits per heavy atom. The molecule has 11 heteroatoms. The Morgan fingerprint density at radius 3 is 1.22 bits per heavy atom. The minimum Gasteiger partial charge on any atom is -0.415 e. The average molecular weight is 541 g/mol. The first-order chi connectivity index (χ1) is 13.9. The highest BCUT2D eigenvalue weighted by Gasteiger charge is 2.45. The van der Waals surface area contributed by atoms with Crippen LogP contribution in [0.2, 0.25) is 98.2 Å². The van der Waals surface area contributed by atoms with Crippen molar-refractivity contribution in [2.24, 2.45) is 0 Å². The SMILES string of the molecule is C[Si](C)(C)OC[C@H](O[Si](C)(C)C)[C@@H](O[Si](C)(C)C)[C@@H](O[Si](C)(C)C)C(C=O)O[Si](C)(C)C. The first kappa shape index (κ1) is 32.6. The van der Waals surface area contributed by atoms with Crippen LogP contribution in [0.1, 0.15) is 0 Å². The van der Waals surface area contributed by atoms with Crippen LogP contribution >= 0.6 is 0 Å². The third kappa shape index (κ3) is 16.2. The highest BCUT2D eigenvalue weighted by atomic mass is 28.4. The first-order valence-electron chi connectivity index (χ1n) is 11.7. The fraction of sp³-hybridized carbons (Fsp3) is 0.952. The predicted molar refractivity (Wildman–Crippen MR) is 148 cm³/mol. The summed E-state index contributed by atoms with van der Waals surface area (Å²) in [6.45, 7) is 32.6. The molecule has 0 N–H and O–H groups in total. The van der Waals surface area contributed by atoms with E-state index in [1.807, 2.05) is 0 Å². The lowest BCUT2D eigenvalue weighted by Crippen LogP contribution is -2.59. The van der Waals surface area contributed by atoms with Crippen molar-refractivity contribution in [2.45, 2.75) is 123 Å². The van der Waals surface area contributed by atoms with Gasteiger partial charge in [0.1, 0.15) is 18.5 Å². The van der Waals surface area contributed by atoms with E-state index >= 15 is 0 Å². The molecular weight excluding hydrogens is 489 g/mol. The maximum Gasteiger partial charge on any atom is 0.184 e. The van der Waals surface area contributed by atoms with Crippen molar-refractivity contribution in [1.82, 2.24) is 0 Å². The lowest BCUT2D eigenvalue weighted by atomic mass is 10.0. The van der Waals surface area contributed by atoms with Crippen LogP contribution in [0.3, 0.4) is 0 Å². The van der Waals surface area contributed by atoms with E-state index in [2.05, 4.69) is 98.2 Å². The summed E-state index contributed by atoms with van der Waals surface area (Å²) in [6, 6.07) is 0. The molecular formula is C21H52O6Si5. The Labute approximate surface area is 203 Å². The molecule has 0 saturated heterocycles. The molecule has 0 aliphatic carbocycles. The van der Waals surface area contributed by atoms with Gasteiger partial charge in [-0.2, -0.15) is 0 Å². The Bertz CT molecular complexity index is 570. The molecule has 0 saturated carbocycles. The fourth-order valence-corrected chi connectivity index (χ4v) is 8.02.